The molecular formula is C14H26O9. The molecule has 2 saturated carbocycles. The SMILES string of the molecule is OC[C@H]1C[C@H](O[C@H]2[C@@H](O)[C@@H](CO)CC(O)[C@@H]2O)[C@H](O)[C@@H](O)[C@H]1O. The first-order chi connectivity index (χ1) is 10.8. The van der Waals surface area contributed by atoms with Gasteiger partial charge in [0.1, 0.15) is 24.4 Å². The van der Waals surface area contributed by atoms with E-state index < -0.39 is 73.9 Å². The maximum absolute atomic E-state index is 10.2. The zero-order valence-electron chi connectivity index (χ0n) is 12.6. The fraction of sp³-hybridized carbons (Fsp3) is 1.00. The van der Waals surface area contributed by atoms with Gasteiger partial charge >= 0.3 is 0 Å². The third kappa shape index (κ3) is 3.68. The van der Waals surface area contributed by atoms with E-state index in [2.05, 4.69) is 0 Å². The number of ether oxygens (including phenoxy) is 1. The summed E-state index contributed by atoms with van der Waals surface area (Å²) >= 11 is 0. The first-order valence-electron chi connectivity index (χ1n) is 7.77. The molecule has 136 valence electrons. The Morgan fingerprint density at radius 3 is 1.78 bits per heavy atom. The lowest BCUT2D eigenvalue weighted by atomic mass is 9.79. The molecule has 0 saturated heterocycles. The average Bonchev–Trinajstić information content (AvgIpc) is 2.54. The largest absolute Gasteiger partial charge is 0.396 e. The van der Waals surface area contributed by atoms with Crippen molar-refractivity contribution in [3.05, 3.63) is 0 Å². The zero-order chi connectivity index (χ0) is 17.3. The number of rotatable bonds is 4. The molecule has 2 rings (SSSR count). The van der Waals surface area contributed by atoms with Crippen LogP contribution in [0.5, 0.6) is 0 Å². The van der Waals surface area contributed by atoms with E-state index in [1.165, 1.54) is 0 Å². The summed E-state index contributed by atoms with van der Waals surface area (Å²) in [5.41, 5.74) is 0. The molecule has 9 heteroatoms. The first-order valence-corrected chi connectivity index (χ1v) is 7.77. The number of aliphatic hydroxyl groups excluding tert-OH is 8. The van der Waals surface area contributed by atoms with Gasteiger partial charge in [-0.05, 0) is 12.8 Å². The summed E-state index contributed by atoms with van der Waals surface area (Å²) in [5.74, 6) is -1.42. The van der Waals surface area contributed by atoms with Crippen molar-refractivity contribution in [1.82, 2.24) is 0 Å². The minimum absolute atomic E-state index is 0.00567. The van der Waals surface area contributed by atoms with Gasteiger partial charge in [-0.25, -0.2) is 0 Å². The molecule has 0 heterocycles. The third-order valence-corrected chi connectivity index (χ3v) is 4.99. The predicted octanol–water partition coefficient (Wildman–Crippen LogP) is -4.07. The van der Waals surface area contributed by atoms with Crippen molar-refractivity contribution in [3.8, 4) is 0 Å². The van der Waals surface area contributed by atoms with Gasteiger partial charge in [0, 0.05) is 25.0 Å². The molecule has 23 heavy (non-hydrogen) atoms. The minimum atomic E-state index is -1.54. The second kappa shape index (κ2) is 7.68. The summed E-state index contributed by atoms with van der Waals surface area (Å²) in [7, 11) is 0. The van der Waals surface area contributed by atoms with Crippen molar-refractivity contribution >= 4 is 0 Å². The van der Waals surface area contributed by atoms with Gasteiger partial charge < -0.3 is 45.6 Å². The van der Waals surface area contributed by atoms with Crippen LogP contribution in [0.25, 0.3) is 0 Å². The molecule has 0 amide bonds. The summed E-state index contributed by atoms with van der Waals surface area (Å²) in [5, 5.41) is 78.1. The first kappa shape index (κ1) is 19.0. The van der Waals surface area contributed by atoms with Crippen LogP contribution in [-0.4, -0.2) is 103 Å². The average molecular weight is 338 g/mol. The maximum Gasteiger partial charge on any atom is 0.113 e. The lowest BCUT2D eigenvalue weighted by molar-refractivity contribution is -0.241. The molecule has 1 unspecified atom stereocenters. The highest BCUT2D eigenvalue weighted by Crippen LogP contribution is 2.33. The van der Waals surface area contributed by atoms with Gasteiger partial charge in [-0.3, -0.25) is 0 Å². The molecule has 0 spiro atoms. The van der Waals surface area contributed by atoms with E-state index in [4.69, 9.17) is 4.74 Å². The molecule has 2 aliphatic carbocycles. The molecule has 9 nitrogen and oxygen atoms in total. The van der Waals surface area contributed by atoms with Crippen molar-refractivity contribution in [2.75, 3.05) is 13.2 Å². The summed E-state index contributed by atoms with van der Waals surface area (Å²) in [4.78, 5) is 0. The summed E-state index contributed by atoms with van der Waals surface area (Å²) in [6.45, 7) is -0.832. The topological polar surface area (TPSA) is 171 Å². The normalized spacial score (nSPS) is 51.7. The highest BCUT2D eigenvalue weighted by molar-refractivity contribution is 4.98. The van der Waals surface area contributed by atoms with Crippen molar-refractivity contribution in [2.24, 2.45) is 11.8 Å². The van der Waals surface area contributed by atoms with Crippen LogP contribution >= 0.6 is 0 Å². The van der Waals surface area contributed by atoms with Crippen molar-refractivity contribution in [2.45, 2.75) is 61.7 Å². The molecule has 0 aromatic carbocycles. The van der Waals surface area contributed by atoms with Gasteiger partial charge in [0.25, 0.3) is 0 Å². The van der Waals surface area contributed by atoms with E-state index in [9.17, 15) is 40.9 Å². The van der Waals surface area contributed by atoms with Crippen LogP contribution in [0.15, 0.2) is 0 Å². The maximum atomic E-state index is 10.2. The fourth-order valence-electron chi connectivity index (χ4n) is 3.42. The van der Waals surface area contributed by atoms with E-state index in [0.29, 0.717) is 0 Å². The fourth-order valence-corrected chi connectivity index (χ4v) is 3.42. The lowest BCUT2D eigenvalue weighted by Crippen LogP contribution is -2.61. The van der Waals surface area contributed by atoms with Gasteiger partial charge in [0.05, 0.1) is 24.4 Å². The van der Waals surface area contributed by atoms with Gasteiger partial charge in [-0.1, -0.05) is 0 Å². The smallest absolute Gasteiger partial charge is 0.113 e. The molecule has 0 aliphatic heterocycles. The second-order valence-electron chi connectivity index (χ2n) is 6.52. The standard InChI is InChI=1S/C14H26O9/c15-3-5-1-7(17)11(20)14(10(5)19)23-8-2-6(4-16)9(18)13(22)12(8)21/h5-22H,1-4H2/t5-,6-,7?,8+,9+,10+,11+,12+,13+,14+/m1/s1. The molecule has 2 aliphatic rings. The molecule has 8 N–H and O–H groups in total. The Labute approximate surface area is 133 Å². The summed E-state index contributed by atoms with van der Waals surface area (Å²) in [6, 6.07) is 0. The lowest BCUT2D eigenvalue weighted by Gasteiger charge is -2.45. The molecule has 0 aromatic rings. The zero-order valence-corrected chi connectivity index (χ0v) is 12.6. The Balaban J connectivity index is 2.11. The van der Waals surface area contributed by atoms with E-state index in [1.807, 2.05) is 0 Å². The Bertz CT molecular complexity index is 379. The Hall–Kier alpha value is -0.360. The van der Waals surface area contributed by atoms with E-state index in [0.717, 1.165) is 0 Å². The highest BCUT2D eigenvalue weighted by atomic mass is 16.5. The van der Waals surface area contributed by atoms with Crippen LogP contribution in [0.3, 0.4) is 0 Å². The van der Waals surface area contributed by atoms with Gasteiger partial charge in [-0.15, -0.1) is 0 Å². The van der Waals surface area contributed by atoms with Crippen LogP contribution in [0.4, 0.5) is 0 Å². The quantitative estimate of drug-likeness (QED) is 0.254. The molecule has 0 aromatic heterocycles. The Morgan fingerprint density at radius 1 is 0.652 bits per heavy atom. The molecular weight excluding hydrogens is 312 g/mol. The van der Waals surface area contributed by atoms with E-state index >= 15 is 0 Å². The number of hydrogen-bond donors (Lipinski definition) is 8. The number of hydrogen-bond acceptors (Lipinski definition) is 9. The summed E-state index contributed by atoms with van der Waals surface area (Å²) in [6.07, 6.45) is -10.5. The summed E-state index contributed by atoms with van der Waals surface area (Å²) < 4.78 is 5.52. The molecule has 2 fully saturated rings. The van der Waals surface area contributed by atoms with E-state index in [-0.39, 0.29) is 12.8 Å². The van der Waals surface area contributed by atoms with Crippen LogP contribution in [0, 0.1) is 11.8 Å². The monoisotopic (exact) mass is 338 g/mol. The van der Waals surface area contributed by atoms with Crippen LogP contribution in [-0.2, 0) is 4.74 Å². The Morgan fingerprint density at radius 2 is 1.22 bits per heavy atom. The van der Waals surface area contributed by atoms with Crippen molar-refractivity contribution < 1.29 is 45.6 Å². The van der Waals surface area contributed by atoms with Crippen molar-refractivity contribution in [1.29, 1.82) is 0 Å². The predicted molar refractivity (Wildman–Crippen MR) is 75.1 cm³/mol. The van der Waals surface area contributed by atoms with Crippen molar-refractivity contribution in [3.63, 3.8) is 0 Å². The molecule has 0 bridgehead atoms. The van der Waals surface area contributed by atoms with Crippen LogP contribution < -0.4 is 0 Å². The van der Waals surface area contributed by atoms with Gasteiger partial charge in [0.15, 0.2) is 0 Å². The second-order valence-corrected chi connectivity index (χ2v) is 6.52. The van der Waals surface area contributed by atoms with E-state index in [1.54, 1.807) is 0 Å². The molecule has 10 atom stereocenters. The Kier molecular flexibility index (Phi) is 6.34. The number of aliphatic hydroxyl groups is 8. The van der Waals surface area contributed by atoms with Crippen LogP contribution in [0.1, 0.15) is 12.8 Å². The van der Waals surface area contributed by atoms with Crippen LogP contribution in [0.2, 0.25) is 0 Å². The highest BCUT2D eigenvalue weighted by Gasteiger charge is 2.48. The van der Waals surface area contributed by atoms with Gasteiger partial charge in [0.2, 0.25) is 0 Å². The molecule has 0 radical (unpaired) electrons. The third-order valence-electron chi connectivity index (χ3n) is 4.99. The van der Waals surface area contributed by atoms with Gasteiger partial charge in [-0.2, -0.15) is 0 Å². The minimum Gasteiger partial charge on any atom is -0.396 e.